The molecule has 0 saturated carbocycles. The molecule has 0 amide bonds. The molecule has 0 unspecified atom stereocenters. The number of aryl methyl sites for hydroxylation is 4. The summed E-state index contributed by atoms with van der Waals surface area (Å²) in [5.74, 6) is 0.890. The minimum atomic E-state index is -6.09. The topological polar surface area (TPSA) is 131 Å². The molecule has 9 nitrogen and oxygen atoms in total. The number of nitrogens with zero attached hydrogens (tertiary/aromatic N) is 2. The number of benzene rings is 3. The molecule has 2 aliphatic rings. The van der Waals surface area contributed by atoms with Crippen molar-refractivity contribution < 1.29 is 66.2 Å². The van der Waals surface area contributed by atoms with Crippen LogP contribution in [0.5, 0.6) is 5.75 Å². The number of pyridine rings is 2. The second-order valence-electron chi connectivity index (χ2n) is 11.6. The van der Waals surface area contributed by atoms with Crippen LogP contribution in [-0.2, 0) is 46.2 Å². The van der Waals surface area contributed by atoms with Crippen molar-refractivity contribution in [2.45, 2.75) is 36.9 Å². The van der Waals surface area contributed by atoms with Gasteiger partial charge in [0.2, 0.25) is 11.4 Å². The molecule has 17 heteroatoms. The molecule has 0 saturated heterocycles. The highest BCUT2D eigenvalue weighted by Gasteiger charge is 2.38. The van der Waals surface area contributed by atoms with Gasteiger partial charge in [0.05, 0.1) is 18.2 Å². The number of ether oxygens (including phenoxy) is 1. The van der Waals surface area contributed by atoms with Crippen molar-refractivity contribution in [3.05, 3.63) is 114 Å². The van der Waals surface area contributed by atoms with Crippen LogP contribution in [0, 0.1) is 0 Å². The van der Waals surface area contributed by atoms with Gasteiger partial charge >= 0.3 is 11.0 Å². The normalized spacial score (nSPS) is 13.8. The van der Waals surface area contributed by atoms with Gasteiger partial charge in [0.1, 0.15) is 5.75 Å². The van der Waals surface area contributed by atoms with Crippen LogP contribution in [-0.4, -0.2) is 44.1 Å². The third-order valence-corrected chi connectivity index (χ3v) is 9.38. The fourth-order valence-electron chi connectivity index (χ4n) is 5.80. The predicted molar refractivity (Wildman–Crippen MR) is 176 cm³/mol. The Morgan fingerprint density at radius 1 is 0.635 bits per heavy atom. The third-order valence-electron chi connectivity index (χ3n) is 8.24. The fourth-order valence-corrected chi connectivity index (χ4v) is 5.80. The molecular formula is C35H28F6N2O7S2. The van der Waals surface area contributed by atoms with E-state index in [2.05, 4.69) is 106 Å². The number of alkyl halides is 6. The lowest BCUT2D eigenvalue weighted by molar-refractivity contribution is -0.689. The van der Waals surface area contributed by atoms with Crippen molar-refractivity contribution in [1.82, 2.24) is 0 Å². The Labute approximate surface area is 294 Å². The molecule has 3 aromatic carbocycles. The fraction of sp³-hybridized carbons (Fsp3) is 0.200. The minimum absolute atomic E-state index is 0.890. The first-order valence-corrected chi connectivity index (χ1v) is 18.1. The molecule has 274 valence electrons. The van der Waals surface area contributed by atoms with Gasteiger partial charge in [-0.25, -0.2) is 16.8 Å². The number of fused-ring (bicyclic) bond motifs is 8. The van der Waals surface area contributed by atoms with Crippen molar-refractivity contribution >= 4 is 43.2 Å². The van der Waals surface area contributed by atoms with E-state index in [1.165, 1.54) is 55.5 Å². The van der Waals surface area contributed by atoms with E-state index in [4.69, 9.17) is 30.7 Å². The largest absolute Gasteiger partial charge is 0.741 e. The second-order valence-corrected chi connectivity index (χ2v) is 14.3. The number of halogens is 6. The van der Waals surface area contributed by atoms with E-state index in [0.717, 1.165) is 31.7 Å². The molecule has 0 N–H and O–H groups in total. The number of hydrogen-bond donors (Lipinski definition) is 0. The molecule has 0 atom stereocenters. The van der Waals surface area contributed by atoms with Gasteiger partial charge in [0, 0.05) is 37.1 Å². The number of methoxy groups -OCH3 is 1. The van der Waals surface area contributed by atoms with Crippen LogP contribution in [0.4, 0.5) is 26.3 Å². The van der Waals surface area contributed by atoms with Crippen LogP contribution in [0.1, 0.15) is 22.3 Å². The molecule has 2 aliphatic heterocycles. The molecule has 0 fully saturated rings. The van der Waals surface area contributed by atoms with E-state index in [1.54, 1.807) is 7.11 Å². The van der Waals surface area contributed by atoms with E-state index in [-0.39, 0.29) is 0 Å². The highest BCUT2D eigenvalue weighted by atomic mass is 32.2. The lowest BCUT2D eigenvalue weighted by Gasteiger charge is -2.22. The van der Waals surface area contributed by atoms with Crippen LogP contribution in [0.3, 0.4) is 0 Å². The Morgan fingerprint density at radius 3 is 1.69 bits per heavy atom. The van der Waals surface area contributed by atoms with Gasteiger partial charge in [-0.1, -0.05) is 42.5 Å². The summed E-state index contributed by atoms with van der Waals surface area (Å²) in [4.78, 5) is 0. The van der Waals surface area contributed by atoms with Crippen molar-refractivity contribution in [1.29, 1.82) is 0 Å². The zero-order chi connectivity index (χ0) is 38.1. The molecule has 5 aromatic rings. The number of rotatable bonds is 3. The second kappa shape index (κ2) is 14.7. The summed E-state index contributed by atoms with van der Waals surface area (Å²) in [6, 6.07) is 28.7. The number of aromatic nitrogens is 2. The van der Waals surface area contributed by atoms with Gasteiger partial charge in [0.25, 0.3) is 0 Å². The molecule has 4 heterocycles. The Hall–Kier alpha value is -4.84. The Kier molecular flexibility index (Phi) is 10.8. The lowest BCUT2D eigenvalue weighted by atomic mass is 9.85. The summed E-state index contributed by atoms with van der Waals surface area (Å²) < 4.78 is 128. The Bertz CT molecular complexity index is 2350. The zero-order valence-corrected chi connectivity index (χ0v) is 28.6. The Balaban J connectivity index is 0.000000275. The monoisotopic (exact) mass is 766 g/mol. The zero-order valence-electron chi connectivity index (χ0n) is 27.0. The van der Waals surface area contributed by atoms with Crippen LogP contribution < -0.4 is 13.9 Å². The standard InChI is InChI=1S/C33H28N2O.2CHF3O3S/c1-36-29-12-11-27-20-23(7-8-28(27)22-29)5-6-24-13-17-35-19-15-26-10-9-25-14-18-34-16-3-2-4-30(34)32(25)33(26)31(35)21-24;2*2-1(3,4)8(5,6)7/h2-13,16-17,20-22H,14-15,18-19H2,1H3;2*(H,5,6,7)/q+2;;/p-2. The maximum Gasteiger partial charge on any atom is 0.485 e. The highest BCUT2D eigenvalue weighted by molar-refractivity contribution is 7.86. The smallest absolute Gasteiger partial charge is 0.485 e. The predicted octanol–water partition coefficient (Wildman–Crippen LogP) is 6.14. The van der Waals surface area contributed by atoms with Crippen LogP contribution >= 0.6 is 0 Å². The first kappa shape index (κ1) is 38.4. The first-order valence-electron chi connectivity index (χ1n) is 15.2. The van der Waals surface area contributed by atoms with Gasteiger partial charge < -0.3 is 13.8 Å². The van der Waals surface area contributed by atoms with Crippen LogP contribution in [0.2, 0.25) is 0 Å². The van der Waals surface area contributed by atoms with Gasteiger partial charge in [-0.2, -0.15) is 35.5 Å². The maximum absolute atomic E-state index is 10.7. The van der Waals surface area contributed by atoms with Gasteiger partial charge in [-0.3, -0.25) is 0 Å². The maximum atomic E-state index is 10.7. The van der Waals surface area contributed by atoms with Crippen molar-refractivity contribution in [3.8, 4) is 28.3 Å². The summed E-state index contributed by atoms with van der Waals surface area (Å²) in [5, 5.41) is 2.41. The summed E-state index contributed by atoms with van der Waals surface area (Å²) in [7, 11) is -10.5. The van der Waals surface area contributed by atoms with Gasteiger partial charge in [-0.15, -0.1) is 0 Å². The highest BCUT2D eigenvalue weighted by Crippen LogP contribution is 2.39. The van der Waals surface area contributed by atoms with Crippen LogP contribution in [0.15, 0.2) is 91.3 Å². The Morgan fingerprint density at radius 2 is 1.13 bits per heavy atom. The lowest BCUT2D eigenvalue weighted by Crippen LogP contribution is -2.43. The molecule has 0 aliphatic carbocycles. The number of hydrogen-bond acceptors (Lipinski definition) is 7. The molecule has 0 bridgehead atoms. The summed E-state index contributed by atoms with van der Waals surface area (Å²) in [6.07, 6.45) is 11.1. The molecular weight excluding hydrogens is 739 g/mol. The molecule has 2 aromatic heterocycles. The average Bonchev–Trinajstić information content (AvgIpc) is 3.08. The summed E-state index contributed by atoms with van der Waals surface area (Å²) in [5.41, 5.74) is -0.484. The SMILES string of the molecule is COc1ccc2cc(C=Cc3cc[n+]4c(c3)-c3c(ccc5c3-c3cccc[n+]3CC5)CC4)ccc2c1.O=S(=O)([O-])C(F)(F)F.O=S(=O)([O-])C(F)(F)F. The quantitative estimate of drug-likeness (QED) is 0.0933. The van der Waals surface area contributed by atoms with Gasteiger partial charge in [-0.05, 0) is 57.3 Å². The van der Waals surface area contributed by atoms with E-state index < -0.39 is 31.3 Å². The van der Waals surface area contributed by atoms with Crippen molar-refractivity contribution in [2.24, 2.45) is 0 Å². The first-order chi connectivity index (χ1) is 24.3. The van der Waals surface area contributed by atoms with E-state index in [9.17, 15) is 26.3 Å². The molecule has 7 rings (SSSR count). The van der Waals surface area contributed by atoms with E-state index in [1.807, 2.05) is 6.07 Å². The third kappa shape index (κ3) is 8.61. The summed E-state index contributed by atoms with van der Waals surface area (Å²) in [6.45, 7) is 2.07. The molecule has 52 heavy (non-hydrogen) atoms. The summed E-state index contributed by atoms with van der Waals surface area (Å²) >= 11 is 0. The van der Waals surface area contributed by atoms with Crippen molar-refractivity contribution in [3.63, 3.8) is 0 Å². The van der Waals surface area contributed by atoms with Crippen LogP contribution in [0.25, 0.3) is 45.4 Å². The average molecular weight is 767 g/mol. The van der Waals surface area contributed by atoms with E-state index >= 15 is 0 Å². The molecule has 0 radical (unpaired) electrons. The minimum Gasteiger partial charge on any atom is -0.741 e. The van der Waals surface area contributed by atoms with Crippen molar-refractivity contribution in [2.75, 3.05) is 7.11 Å². The molecule has 0 spiro atoms. The van der Waals surface area contributed by atoms with Gasteiger partial charge in [0.15, 0.2) is 45.7 Å². The van der Waals surface area contributed by atoms with E-state index in [0.29, 0.717) is 0 Å².